The lowest BCUT2D eigenvalue weighted by molar-refractivity contribution is -0.137. The Morgan fingerprint density at radius 2 is 1.93 bits per heavy atom. The highest BCUT2D eigenvalue weighted by Gasteiger charge is 2.39. The maximum atomic E-state index is 13.4. The summed E-state index contributed by atoms with van der Waals surface area (Å²) in [7, 11) is 0. The Bertz CT molecular complexity index is 1110. The molecule has 7 nitrogen and oxygen atoms in total. The number of nitrogens with two attached hydrogens (primary N) is 1. The summed E-state index contributed by atoms with van der Waals surface area (Å²) in [4.78, 5) is 16.6. The first-order valence-electron chi connectivity index (χ1n) is 8.60. The Kier molecular flexibility index (Phi) is 5.26. The highest BCUT2D eigenvalue weighted by molar-refractivity contribution is 5.85. The second-order valence-electron chi connectivity index (χ2n) is 6.86. The van der Waals surface area contributed by atoms with E-state index in [0.717, 1.165) is 17.2 Å². The summed E-state index contributed by atoms with van der Waals surface area (Å²) >= 11 is 0. The number of halogens is 4. The minimum atomic E-state index is -4.58. The van der Waals surface area contributed by atoms with Crippen LogP contribution in [0.3, 0.4) is 0 Å². The largest absolute Gasteiger partial charge is 0.418 e. The Morgan fingerprint density at radius 3 is 2.55 bits per heavy atom. The number of aromatic nitrogens is 4. The second kappa shape index (κ2) is 7.27. The number of hydrogen-bond donors (Lipinski definition) is 1. The fraction of sp³-hybridized carbons (Fsp3) is 0.333. The van der Waals surface area contributed by atoms with Gasteiger partial charge in [0.15, 0.2) is 11.5 Å². The lowest BCUT2D eigenvalue weighted by Crippen LogP contribution is -2.44. The lowest BCUT2D eigenvalue weighted by atomic mass is 9.77. The minimum Gasteiger partial charge on any atom is -0.332 e. The topological polar surface area (TPSA) is 99.8 Å². The van der Waals surface area contributed by atoms with E-state index in [1.54, 1.807) is 0 Å². The average Bonchev–Trinajstić information content (AvgIpc) is 3.09. The van der Waals surface area contributed by atoms with Crippen LogP contribution in [0.4, 0.5) is 13.2 Å². The molecule has 1 aromatic carbocycles. The molecule has 1 aliphatic rings. The first kappa shape index (κ1) is 21.0. The van der Waals surface area contributed by atoms with E-state index in [-0.39, 0.29) is 41.2 Å². The summed E-state index contributed by atoms with van der Waals surface area (Å²) in [5, 5.41) is 7.92. The van der Waals surface area contributed by atoms with Gasteiger partial charge in [-0.2, -0.15) is 23.3 Å². The van der Waals surface area contributed by atoms with Crippen LogP contribution in [-0.2, 0) is 11.7 Å². The van der Waals surface area contributed by atoms with Gasteiger partial charge in [0.05, 0.1) is 16.8 Å². The summed E-state index contributed by atoms with van der Waals surface area (Å²) < 4.78 is 46.4. The van der Waals surface area contributed by atoms with Crippen LogP contribution < -0.4 is 11.2 Å². The molecule has 0 unspecified atom stereocenters. The first-order chi connectivity index (χ1) is 13.2. The highest BCUT2D eigenvalue weighted by Crippen LogP contribution is 2.37. The number of hydrogen-bond acceptors (Lipinski definition) is 6. The normalized spacial score (nSPS) is 15.5. The van der Waals surface area contributed by atoms with Crippen molar-refractivity contribution in [2.45, 2.75) is 37.9 Å². The Morgan fingerprint density at radius 1 is 1.24 bits per heavy atom. The van der Waals surface area contributed by atoms with Gasteiger partial charge in [0.1, 0.15) is 0 Å². The fourth-order valence-electron chi connectivity index (χ4n) is 3.14. The molecule has 4 rings (SSSR count). The summed E-state index contributed by atoms with van der Waals surface area (Å²) in [6.07, 6.45) is -2.26. The molecule has 1 saturated carbocycles. The Hall–Kier alpha value is -2.72. The van der Waals surface area contributed by atoms with E-state index in [1.165, 1.54) is 31.2 Å². The van der Waals surface area contributed by atoms with Crippen LogP contribution in [-0.4, -0.2) is 19.9 Å². The first-order valence-corrected chi connectivity index (χ1v) is 8.60. The molecule has 11 heteroatoms. The third-order valence-corrected chi connectivity index (χ3v) is 4.86. The predicted octanol–water partition coefficient (Wildman–Crippen LogP) is 3.37. The molecule has 2 heterocycles. The number of benzene rings is 1. The zero-order valence-electron chi connectivity index (χ0n) is 15.2. The molecular formula is C18H17ClF3N5O2. The molecule has 2 N–H and O–H groups in total. The van der Waals surface area contributed by atoms with Crippen molar-refractivity contribution in [2.24, 2.45) is 5.73 Å². The molecule has 2 aromatic heterocycles. The fourth-order valence-corrected chi connectivity index (χ4v) is 3.14. The molecule has 3 aromatic rings. The van der Waals surface area contributed by atoms with Gasteiger partial charge >= 0.3 is 6.18 Å². The van der Waals surface area contributed by atoms with Crippen molar-refractivity contribution in [1.29, 1.82) is 0 Å². The molecule has 0 spiro atoms. The second-order valence-corrected chi connectivity index (χ2v) is 6.86. The molecule has 0 saturated heterocycles. The van der Waals surface area contributed by atoms with E-state index < -0.39 is 22.7 Å². The van der Waals surface area contributed by atoms with Gasteiger partial charge in [-0.15, -0.1) is 12.4 Å². The summed E-state index contributed by atoms with van der Waals surface area (Å²) in [6, 6.07) is 6.16. The number of nitrogens with zero attached hydrogens (tertiary/aromatic N) is 4. The van der Waals surface area contributed by atoms with Crippen LogP contribution in [0.15, 0.2) is 39.6 Å². The van der Waals surface area contributed by atoms with E-state index in [4.69, 9.17) is 10.3 Å². The summed E-state index contributed by atoms with van der Waals surface area (Å²) in [6.45, 7) is 1.49. The lowest BCUT2D eigenvalue weighted by Gasteiger charge is -2.34. The molecule has 1 fully saturated rings. The van der Waals surface area contributed by atoms with Gasteiger partial charge in [-0.25, -0.2) is 4.68 Å². The van der Waals surface area contributed by atoms with Crippen molar-refractivity contribution in [1.82, 2.24) is 19.9 Å². The minimum absolute atomic E-state index is 0. The van der Waals surface area contributed by atoms with Crippen LogP contribution >= 0.6 is 12.4 Å². The van der Waals surface area contributed by atoms with Crippen LogP contribution in [0.25, 0.3) is 17.3 Å². The van der Waals surface area contributed by atoms with Crippen molar-refractivity contribution < 1.29 is 17.7 Å². The Balaban J connectivity index is 0.00000240. The van der Waals surface area contributed by atoms with E-state index in [1.807, 2.05) is 0 Å². The third-order valence-electron chi connectivity index (χ3n) is 4.86. The van der Waals surface area contributed by atoms with Gasteiger partial charge in [0.2, 0.25) is 5.43 Å². The number of alkyl halides is 3. The maximum Gasteiger partial charge on any atom is 0.418 e. The van der Waals surface area contributed by atoms with Crippen molar-refractivity contribution >= 4 is 12.4 Å². The van der Waals surface area contributed by atoms with Crippen molar-refractivity contribution in [3.8, 4) is 17.3 Å². The molecule has 0 amide bonds. The monoisotopic (exact) mass is 427 g/mol. The average molecular weight is 428 g/mol. The molecule has 1 aliphatic carbocycles. The molecule has 0 aliphatic heterocycles. The Labute approximate surface area is 169 Å². The summed E-state index contributed by atoms with van der Waals surface area (Å²) in [5.74, 6) is 0.0905. The third kappa shape index (κ3) is 3.65. The van der Waals surface area contributed by atoms with Gasteiger partial charge in [-0.1, -0.05) is 17.3 Å². The van der Waals surface area contributed by atoms with Crippen LogP contribution in [0.2, 0.25) is 0 Å². The van der Waals surface area contributed by atoms with E-state index in [0.29, 0.717) is 12.8 Å². The van der Waals surface area contributed by atoms with Gasteiger partial charge < -0.3 is 10.3 Å². The van der Waals surface area contributed by atoms with Gasteiger partial charge in [0, 0.05) is 11.8 Å². The van der Waals surface area contributed by atoms with Crippen molar-refractivity contribution in [2.75, 3.05) is 0 Å². The zero-order chi connectivity index (χ0) is 20.1. The molecule has 154 valence electrons. The molecule has 29 heavy (non-hydrogen) atoms. The smallest absolute Gasteiger partial charge is 0.332 e. The zero-order valence-corrected chi connectivity index (χ0v) is 16.0. The van der Waals surface area contributed by atoms with Gasteiger partial charge in [-0.05, 0) is 38.3 Å². The van der Waals surface area contributed by atoms with Gasteiger partial charge in [0.25, 0.3) is 5.89 Å². The number of para-hydroxylation sites is 1. The quantitative estimate of drug-likeness (QED) is 0.688. The SMILES string of the molecule is Cc1cc(=O)c(-c2nc(C3(N)CCC3)no2)nn1-c1ccccc1C(F)(F)F.Cl. The van der Waals surface area contributed by atoms with Gasteiger partial charge in [-0.3, -0.25) is 4.79 Å². The van der Waals surface area contributed by atoms with Crippen molar-refractivity contribution in [3.05, 3.63) is 57.6 Å². The molecule has 0 bridgehead atoms. The van der Waals surface area contributed by atoms with Crippen LogP contribution in [0, 0.1) is 6.92 Å². The number of aryl methyl sites for hydroxylation is 1. The van der Waals surface area contributed by atoms with E-state index in [9.17, 15) is 18.0 Å². The molecule has 0 radical (unpaired) electrons. The van der Waals surface area contributed by atoms with E-state index >= 15 is 0 Å². The maximum absolute atomic E-state index is 13.4. The highest BCUT2D eigenvalue weighted by atomic mass is 35.5. The molecule has 0 atom stereocenters. The van der Waals surface area contributed by atoms with Crippen LogP contribution in [0.5, 0.6) is 0 Å². The van der Waals surface area contributed by atoms with Crippen molar-refractivity contribution in [3.63, 3.8) is 0 Å². The summed E-state index contributed by atoms with van der Waals surface area (Å²) in [5.41, 5.74) is 3.84. The standard InChI is InChI=1S/C18H16F3N5O2.ClH/c1-10-9-13(27)14(15-23-16(25-28-15)17(22)7-4-8-17)24-26(10)12-6-3-2-5-11(12)18(19,20)21;/h2-3,5-6,9H,4,7-8,22H2,1H3;1H. The van der Waals surface area contributed by atoms with E-state index in [2.05, 4.69) is 15.2 Å². The number of rotatable bonds is 3. The van der Waals surface area contributed by atoms with Crippen LogP contribution in [0.1, 0.15) is 36.3 Å². The predicted molar refractivity (Wildman–Crippen MR) is 99.8 cm³/mol. The molecular weight excluding hydrogens is 411 g/mol.